The highest BCUT2D eigenvalue weighted by atomic mass is 32.1. The summed E-state index contributed by atoms with van der Waals surface area (Å²) < 4.78 is 28.6. The first kappa shape index (κ1) is 15.2. The van der Waals surface area contributed by atoms with Gasteiger partial charge in [0.05, 0.1) is 4.88 Å². The summed E-state index contributed by atoms with van der Waals surface area (Å²) in [5, 5.41) is 5.76. The third-order valence-electron chi connectivity index (χ3n) is 2.89. The minimum atomic E-state index is -0.617. The summed E-state index contributed by atoms with van der Waals surface area (Å²) in [7, 11) is 0. The van der Waals surface area contributed by atoms with E-state index in [-0.39, 0.29) is 19.0 Å². The normalized spacial score (nSPS) is 10.5. The van der Waals surface area contributed by atoms with Gasteiger partial charge in [0, 0.05) is 6.07 Å². The Morgan fingerprint density at radius 3 is 2.91 bits per heavy atom. The molecule has 0 saturated heterocycles. The van der Waals surface area contributed by atoms with E-state index in [2.05, 4.69) is 5.16 Å². The van der Waals surface area contributed by atoms with Crippen molar-refractivity contribution in [1.29, 1.82) is 0 Å². The van der Waals surface area contributed by atoms with Crippen LogP contribution < -0.4 is 4.74 Å². The van der Waals surface area contributed by atoms with Crippen molar-refractivity contribution < 1.29 is 23.2 Å². The highest BCUT2D eigenvalue weighted by Gasteiger charge is 2.11. The van der Waals surface area contributed by atoms with Gasteiger partial charge < -0.3 is 14.0 Å². The average Bonchev–Trinajstić information content (AvgIpc) is 3.23. The molecule has 0 aliphatic heterocycles. The van der Waals surface area contributed by atoms with E-state index in [4.69, 9.17) is 14.0 Å². The van der Waals surface area contributed by atoms with Crippen LogP contribution in [0.25, 0.3) is 10.6 Å². The van der Waals surface area contributed by atoms with Crippen LogP contribution in [0, 0.1) is 5.82 Å². The third-order valence-corrected chi connectivity index (χ3v) is 3.77. The molecule has 0 spiro atoms. The molecule has 1 aromatic carbocycles. The highest BCUT2D eigenvalue weighted by molar-refractivity contribution is 7.13. The lowest BCUT2D eigenvalue weighted by Crippen LogP contribution is -2.15. The van der Waals surface area contributed by atoms with E-state index in [1.165, 1.54) is 29.5 Å². The van der Waals surface area contributed by atoms with Crippen LogP contribution in [-0.4, -0.2) is 17.7 Å². The number of hydrogen-bond donors (Lipinski definition) is 0. The molecule has 5 nitrogen and oxygen atoms in total. The standard InChI is InChI=1S/C16H12FNO4S/c17-12-4-1-2-5-13(12)20-10-16(19)21-9-11-8-14(22-18-11)15-6-3-7-23-15/h1-8H,9-10H2. The number of carbonyl (C=O) groups excluding carboxylic acids is 1. The Balaban J connectivity index is 1.49. The minimum Gasteiger partial charge on any atom is -0.479 e. The fourth-order valence-corrected chi connectivity index (χ4v) is 2.48. The van der Waals surface area contributed by atoms with E-state index in [1.54, 1.807) is 12.1 Å². The number of aromatic nitrogens is 1. The quantitative estimate of drug-likeness (QED) is 0.644. The van der Waals surface area contributed by atoms with Crippen LogP contribution in [0.2, 0.25) is 0 Å². The first-order valence-corrected chi connectivity index (χ1v) is 7.63. The Labute approximate surface area is 135 Å². The van der Waals surface area contributed by atoms with Gasteiger partial charge in [-0.05, 0) is 23.6 Å². The Morgan fingerprint density at radius 1 is 1.26 bits per heavy atom. The number of hydrogen-bond acceptors (Lipinski definition) is 6. The molecule has 0 atom stereocenters. The van der Waals surface area contributed by atoms with Crippen molar-refractivity contribution in [1.82, 2.24) is 5.16 Å². The summed E-state index contributed by atoms with van der Waals surface area (Å²) in [5.41, 5.74) is 0.493. The van der Waals surface area contributed by atoms with Crippen molar-refractivity contribution in [3.05, 3.63) is 59.4 Å². The number of halogens is 1. The molecule has 0 saturated carbocycles. The molecule has 0 radical (unpaired) electrons. The van der Waals surface area contributed by atoms with Crippen LogP contribution >= 0.6 is 11.3 Å². The molecule has 2 aromatic heterocycles. The van der Waals surface area contributed by atoms with Gasteiger partial charge in [-0.15, -0.1) is 11.3 Å². The van der Waals surface area contributed by atoms with Crippen molar-refractivity contribution >= 4 is 17.3 Å². The maximum atomic E-state index is 13.3. The largest absolute Gasteiger partial charge is 0.479 e. The number of nitrogens with zero attached hydrogens (tertiary/aromatic N) is 1. The Bertz CT molecular complexity index is 785. The van der Waals surface area contributed by atoms with E-state index in [9.17, 15) is 9.18 Å². The first-order valence-electron chi connectivity index (χ1n) is 6.75. The zero-order valence-corrected chi connectivity index (χ0v) is 12.7. The molecule has 0 unspecified atom stereocenters. The summed E-state index contributed by atoms with van der Waals surface area (Å²) in [4.78, 5) is 12.6. The van der Waals surface area contributed by atoms with Crippen LogP contribution in [0.15, 0.2) is 52.4 Å². The topological polar surface area (TPSA) is 61.6 Å². The molecule has 23 heavy (non-hydrogen) atoms. The maximum Gasteiger partial charge on any atom is 0.344 e. The van der Waals surface area contributed by atoms with Crippen LogP contribution in [-0.2, 0) is 16.1 Å². The van der Waals surface area contributed by atoms with Gasteiger partial charge in [0.25, 0.3) is 0 Å². The summed E-state index contributed by atoms with van der Waals surface area (Å²) in [5.74, 6) is -0.522. The molecule has 0 N–H and O–H groups in total. The zero-order chi connectivity index (χ0) is 16.1. The summed E-state index contributed by atoms with van der Waals surface area (Å²) in [6.07, 6.45) is 0. The highest BCUT2D eigenvalue weighted by Crippen LogP contribution is 2.25. The second kappa shape index (κ2) is 7.06. The second-order valence-corrected chi connectivity index (χ2v) is 5.49. The zero-order valence-electron chi connectivity index (χ0n) is 11.9. The number of rotatable bonds is 6. The van der Waals surface area contributed by atoms with E-state index in [0.717, 1.165) is 4.88 Å². The van der Waals surface area contributed by atoms with Crippen molar-refractivity contribution in [3.8, 4) is 16.4 Å². The second-order valence-electron chi connectivity index (χ2n) is 4.54. The van der Waals surface area contributed by atoms with E-state index in [0.29, 0.717) is 11.5 Å². The maximum absolute atomic E-state index is 13.3. The summed E-state index contributed by atoms with van der Waals surface area (Å²) in [6, 6.07) is 11.4. The molecule has 2 heterocycles. The molecular formula is C16H12FNO4S. The number of esters is 1. The number of benzene rings is 1. The van der Waals surface area contributed by atoms with Gasteiger partial charge in [0.1, 0.15) is 12.3 Å². The molecule has 3 aromatic rings. The molecule has 7 heteroatoms. The Morgan fingerprint density at radius 2 is 2.13 bits per heavy atom. The molecule has 0 fully saturated rings. The Kier molecular flexibility index (Phi) is 4.68. The third kappa shape index (κ3) is 3.95. The van der Waals surface area contributed by atoms with Crippen molar-refractivity contribution in [2.75, 3.05) is 6.61 Å². The van der Waals surface area contributed by atoms with E-state index in [1.807, 2.05) is 17.5 Å². The fourth-order valence-electron chi connectivity index (χ4n) is 1.81. The van der Waals surface area contributed by atoms with Crippen LogP contribution in [0.1, 0.15) is 5.69 Å². The van der Waals surface area contributed by atoms with E-state index < -0.39 is 11.8 Å². The van der Waals surface area contributed by atoms with Gasteiger partial charge in [0.15, 0.2) is 23.9 Å². The van der Waals surface area contributed by atoms with Crippen molar-refractivity contribution in [3.63, 3.8) is 0 Å². The van der Waals surface area contributed by atoms with Crippen molar-refractivity contribution in [2.24, 2.45) is 0 Å². The van der Waals surface area contributed by atoms with Crippen LogP contribution in [0.5, 0.6) is 5.75 Å². The lowest BCUT2D eigenvalue weighted by atomic mass is 10.3. The smallest absolute Gasteiger partial charge is 0.344 e. The number of thiophene rings is 1. The van der Waals surface area contributed by atoms with Crippen molar-refractivity contribution in [2.45, 2.75) is 6.61 Å². The lowest BCUT2D eigenvalue weighted by Gasteiger charge is -2.06. The SMILES string of the molecule is O=C(COc1ccccc1F)OCc1cc(-c2cccs2)on1. The molecule has 118 valence electrons. The Hall–Kier alpha value is -2.67. The van der Waals surface area contributed by atoms with Gasteiger partial charge in [-0.1, -0.05) is 23.4 Å². The van der Waals surface area contributed by atoms with E-state index >= 15 is 0 Å². The molecule has 0 aliphatic carbocycles. The predicted molar refractivity (Wildman–Crippen MR) is 81.5 cm³/mol. The van der Waals surface area contributed by atoms with Gasteiger partial charge in [0.2, 0.25) is 0 Å². The van der Waals surface area contributed by atoms with Crippen LogP contribution in [0.3, 0.4) is 0 Å². The summed E-state index contributed by atoms with van der Waals surface area (Å²) in [6.45, 7) is -0.412. The molecule has 0 bridgehead atoms. The molecule has 0 amide bonds. The first-order chi connectivity index (χ1) is 11.2. The van der Waals surface area contributed by atoms with Gasteiger partial charge in [-0.2, -0.15) is 0 Å². The average molecular weight is 333 g/mol. The van der Waals surface area contributed by atoms with Gasteiger partial charge in [-0.25, -0.2) is 9.18 Å². The predicted octanol–water partition coefficient (Wildman–Crippen LogP) is 3.66. The molecular weight excluding hydrogens is 321 g/mol. The summed E-state index contributed by atoms with van der Waals surface area (Å²) >= 11 is 1.52. The van der Waals surface area contributed by atoms with Crippen LogP contribution in [0.4, 0.5) is 4.39 Å². The van der Waals surface area contributed by atoms with Gasteiger partial charge >= 0.3 is 5.97 Å². The van der Waals surface area contributed by atoms with Gasteiger partial charge in [-0.3, -0.25) is 0 Å². The fraction of sp³-hybridized carbons (Fsp3) is 0.125. The molecule has 0 aliphatic rings. The lowest BCUT2D eigenvalue weighted by molar-refractivity contribution is -0.147. The number of carbonyl (C=O) groups is 1. The monoisotopic (exact) mass is 333 g/mol. The molecule has 3 rings (SSSR count). The number of ether oxygens (including phenoxy) is 2. The number of para-hydroxylation sites is 1. The minimum absolute atomic E-state index is 0.00543.